The second-order valence-corrected chi connectivity index (χ2v) is 11.1. The van der Waals surface area contributed by atoms with Crippen molar-refractivity contribution in [3.8, 4) is 0 Å². The van der Waals surface area contributed by atoms with Crippen molar-refractivity contribution in [3.05, 3.63) is 69.2 Å². The summed E-state index contributed by atoms with van der Waals surface area (Å²) in [5, 5.41) is 13.2. The molecule has 3 aromatic rings. The Balaban J connectivity index is 1.31. The molecule has 40 heavy (non-hydrogen) atoms. The molecule has 1 aromatic heterocycles. The summed E-state index contributed by atoms with van der Waals surface area (Å²) in [6.07, 6.45) is -2.83. The van der Waals surface area contributed by atoms with Crippen molar-refractivity contribution in [1.29, 1.82) is 0 Å². The first-order valence-corrected chi connectivity index (χ1v) is 13.4. The van der Waals surface area contributed by atoms with Gasteiger partial charge in [0.05, 0.1) is 54.0 Å². The van der Waals surface area contributed by atoms with Gasteiger partial charge in [-0.1, -0.05) is 23.7 Å². The maximum atomic E-state index is 13.5. The number of carbonyl (C=O) groups is 4. The Morgan fingerprint density at radius 2 is 1.85 bits per heavy atom. The first kappa shape index (κ1) is 27.9. The summed E-state index contributed by atoms with van der Waals surface area (Å²) in [4.78, 5) is 49.8. The number of hydrogen-bond acceptors (Lipinski definition) is 7. The summed E-state index contributed by atoms with van der Waals surface area (Å²) in [5.41, 5.74) is 0.241. The highest BCUT2D eigenvalue weighted by molar-refractivity contribution is 8.18. The van der Waals surface area contributed by atoms with Gasteiger partial charge in [-0.25, -0.2) is 9.10 Å². The molecule has 0 aliphatic carbocycles. The van der Waals surface area contributed by atoms with Crippen molar-refractivity contribution in [1.82, 2.24) is 23.3 Å². The molecule has 2 fully saturated rings. The number of aromatic nitrogens is 2. The van der Waals surface area contributed by atoms with Crippen LogP contribution in [0.5, 0.6) is 0 Å². The number of carbonyl (C=O) groups excluding carboxylic acids is 3. The van der Waals surface area contributed by atoms with Gasteiger partial charge in [0.1, 0.15) is 6.54 Å². The molecule has 0 unspecified atom stereocenters. The van der Waals surface area contributed by atoms with Gasteiger partial charge < -0.3 is 5.11 Å². The quantitative estimate of drug-likeness (QED) is 0.310. The SMILES string of the molecule is O=C(O)N1CCN(C(=O)CN2C(=O)SC(=Cc3ccc4c(cnn4Cc4ccc(Cl)cc4C(F)(F)F)c3)C2=O)S1. The topological polar surface area (TPSA) is 116 Å². The van der Waals surface area contributed by atoms with Crippen molar-refractivity contribution in [3.63, 3.8) is 0 Å². The second-order valence-electron chi connectivity index (χ2n) is 8.65. The van der Waals surface area contributed by atoms with Gasteiger partial charge in [-0.05, 0) is 53.2 Å². The predicted octanol–water partition coefficient (Wildman–Crippen LogP) is 5.18. The van der Waals surface area contributed by atoms with Gasteiger partial charge >= 0.3 is 12.3 Å². The van der Waals surface area contributed by atoms with Crippen LogP contribution >= 0.6 is 35.5 Å². The van der Waals surface area contributed by atoms with Crippen LogP contribution in [0.25, 0.3) is 17.0 Å². The van der Waals surface area contributed by atoms with E-state index in [0.29, 0.717) is 40.4 Å². The molecule has 0 bridgehead atoms. The smallest absolute Gasteiger partial charge is 0.418 e. The highest BCUT2D eigenvalue weighted by Crippen LogP contribution is 2.35. The maximum Gasteiger partial charge on any atom is 0.418 e. The third-order valence-corrected chi connectivity index (χ3v) is 8.28. The number of fused-ring (bicyclic) bond motifs is 1. The third kappa shape index (κ3) is 5.62. The largest absolute Gasteiger partial charge is 0.464 e. The van der Waals surface area contributed by atoms with Crippen LogP contribution < -0.4 is 0 Å². The fraction of sp³-hybridized carbons (Fsp3) is 0.208. The molecule has 10 nitrogen and oxygen atoms in total. The second kappa shape index (κ2) is 10.7. The predicted molar refractivity (Wildman–Crippen MR) is 142 cm³/mol. The van der Waals surface area contributed by atoms with Gasteiger partial charge in [0, 0.05) is 10.4 Å². The Kier molecular flexibility index (Phi) is 7.46. The average Bonchev–Trinajstić information content (AvgIpc) is 3.60. The van der Waals surface area contributed by atoms with E-state index in [4.69, 9.17) is 16.7 Å². The lowest BCUT2D eigenvalue weighted by Gasteiger charge is -2.17. The normalized spacial score (nSPS) is 17.1. The van der Waals surface area contributed by atoms with Crippen LogP contribution in [0.4, 0.5) is 22.8 Å². The van der Waals surface area contributed by atoms with E-state index < -0.39 is 41.4 Å². The molecule has 3 heterocycles. The van der Waals surface area contributed by atoms with Gasteiger partial charge in [0.25, 0.3) is 17.1 Å². The van der Waals surface area contributed by atoms with Crippen LogP contribution in [0, 0.1) is 0 Å². The van der Waals surface area contributed by atoms with E-state index in [2.05, 4.69) is 5.10 Å². The van der Waals surface area contributed by atoms with Crippen LogP contribution in [-0.2, 0) is 22.3 Å². The number of thioether (sulfide) groups is 1. The van der Waals surface area contributed by atoms with Crippen LogP contribution in [-0.4, -0.2) is 71.2 Å². The molecule has 4 amide bonds. The lowest BCUT2D eigenvalue weighted by molar-refractivity contribution is -0.138. The van der Waals surface area contributed by atoms with E-state index in [0.717, 1.165) is 15.3 Å². The molecule has 2 aliphatic rings. The summed E-state index contributed by atoms with van der Waals surface area (Å²) >= 11 is 7.13. The lowest BCUT2D eigenvalue weighted by atomic mass is 10.1. The molecule has 208 valence electrons. The molecule has 0 spiro atoms. The van der Waals surface area contributed by atoms with Crippen molar-refractivity contribution in [2.45, 2.75) is 12.7 Å². The standard InChI is InChI=1S/C24H17ClF3N5O5S2/c25-16-3-2-14(17(9-16)24(26,27)28)11-31-18-4-1-13(7-15(18)10-29-31)8-19-21(35)30(23(38)39-19)12-20(34)32-5-6-33(40-32)22(36)37/h1-4,7-10H,5-6,11-12H2,(H,36,37). The minimum atomic E-state index is -4.59. The van der Waals surface area contributed by atoms with Crippen molar-refractivity contribution < 1.29 is 37.5 Å². The third-order valence-electron chi connectivity index (χ3n) is 6.02. The summed E-state index contributed by atoms with van der Waals surface area (Å²) in [7, 11) is 0. The molecular weight excluding hydrogens is 595 g/mol. The van der Waals surface area contributed by atoms with E-state index in [1.54, 1.807) is 18.2 Å². The number of amides is 4. The summed E-state index contributed by atoms with van der Waals surface area (Å²) in [6.45, 7) is -0.443. The van der Waals surface area contributed by atoms with Crippen LogP contribution in [0.3, 0.4) is 0 Å². The summed E-state index contributed by atoms with van der Waals surface area (Å²) in [6, 6.07) is 8.50. The van der Waals surface area contributed by atoms with Crippen LogP contribution in [0.1, 0.15) is 16.7 Å². The minimum absolute atomic E-state index is 0.00260. The first-order chi connectivity index (χ1) is 18.9. The molecule has 16 heteroatoms. The van der Waals surface area contributed by atoms with Gasteiger partial charge in [0.15, 0.2) is 0 Å². The molecular formula is C24H17ClF3N5O5S2. The number of hydrogen-bond donors (Lipinski definition) is 1. The van der Waals surface area contributed by atoms with Gasteiger partial charge in [-0.2, -0.15) is 18.3 Å². The zero-order chi connectivity index (χ0) is 28.8. The monoisotopic (exact) mass is 611 g/mol. The van der Waals surface area contributed by atoms with E-state index in [1.165, 1.54) is 33.4 Å². The highest BCUT2D eigenvalue weighted by Gasteiger charge is 2.39. The number of imide groups is 1. The number of nitrogens with zero attached hydrogens (tertiary/aromatic N) is 5. The van der Waals surface area contributed by atoms with E-state index >= 15 is 0 Å². The minimum Gasteiger partial charge on any atom is -0.464 e. The fourth-order valence-corrected chi connectivity index (χ4v) is 5.91. The van der Waals surface area contributed by atoms with Gasteiger partial charge in [0.2, 0.25) is 0 Å². The van der Waals surface area contributed by atoms with Crippen molar-refractivity contribution >= 4 is 75.6 Å². The zero-order valence-electron chi connectivity index (χ0n) is 20.1. The average molecular weight is 612 g/mol. The zero-order valence-corrected chi connectivity index (χ0v) is 22.5. The Morgan fingerprint density at radius 1 is 1.10 bits per heavy atom. The fourth-order valence-electron chi connectivity index (χ4n) is 4.12. The van der Waals surface area contributed by atoms with Gasteiger partial charge in [-0.15, -0.1) is 0 Å². The Morgan fingerprint density at radius 3 is 2.55 bits per heavy atom. The lowest BCUT2D eigenvalue weighted by Crippen LogP contribution is -2.38. The van der Waals surface area contributed by atoms with E-state index in [9.17, 15) is 32.3 Å². The van der Waals surface area contributed by atoms with Crippen molar-refractivity contribution in [2.24, 2.45) is 0 Å². The molecule has 2 aromatic carbocycles. The summed E-state index contributed by atoms with van der Waals surface area (Å²) in [5.74, 6) is -1.25. The molecule has 5 rings (SSSR count). The van der Waals surface area contributed by atoms with E-state index in [1.807, 2.05) is 0 Å². The van der Waals surface area contributed by atoms with Gasteiger partial charge in [-0.3, -0.25) is 28.3 Å². The number of carboxylic acid groups (broad SMARTS) is 1. The van der Waals surface area contributed by atoms with Crippen LogP contribution in [0.2, 0.25) is 5.02 Å². The highest BCUT2D eigenvalue weighted by atomic mass is 35.5. The molecule has 0 atom stereocenters. The molecule has 2 saturated heterocycles. The Labute approximate surface area is 237 Å². The summed E-state index contributed by atoms with van der Waals surface area (Å²) < 4.78 is 44.1. The number of halogens is 4. The number of alkyl halides is 3. The van der Waals surface area contributed by atoms with E-state index in [-0.39, 0.29) is 35.1 Å². The number of benzene rings is 2. The maximum absolute atomic E-state index is 13.5. The molecule has 0 saturated carbocycles. The van der Waals surface area contributed by atoms with Crippen molar-refractivity contribution in [2.75, 3.05) is 19.6 Å². The molecule has 2 aliphatic heterocycles. The number of rotatable bonds is 5. The Bertz CT molecular complexity index is 1590. The first-order valence-electron chi connectivity index (χ1n) is 11.5. The van der Waals surface area contributed by atoms with Crippen LogP contribution in [0.15, 0.2) is 47.5 Å². The Hall–Kier alpha value is -3.69. The molecule has 0 radical (unpaired) electrons. The molecule has 1 N–H and O–H groups in total.